The topological polar surface area (TPSA) is 38.4 Å². The minimum atomic E-state index is -0.923. The van der Waals surface area contributed by atoms with Crippen molar-refractivity contribution in [2.45, 2.75) is 19.6 Å². The summed E-state index contributed by atoms with van der Waals surface area (Å²) in [6.07, 6.45) is 0. The first kappa shape index (κ1) is 9.69. The summed E-state index contributed by atoms with van der Waals surface area (Å²) in [7, 11) is 0. The van der Waals surface area contributed by atoms with Crippen molar-refractivity contribution >= 4 is 5.76 Å². The van der Waals surface area contributed by atoms with E-state index in [0.29, 0.717) is 5.76 Å². The lowest BCUT2D eigenvalue weighted by molar-refractivity contribution is -0.185. The Morgan fingerprint density at radius 3 is 2.40 bits per heavy atom. The molecular formula is C12H11O3. The van der Waals surface area contributed by atoms with Crippen LogP contribution < -0.4 is 0 Å². The third kappa shape index (κ3) is 2.14. The zero-order chi connectivity index (χ0) is 10.9. The molecule has 15 heavy (non-hydrogen) atoms. The van der Waals surface area contributed by atoms with Crippen LogP contribution in [0.25, 0.3) is 5.76 Å². The molecule has 1 aliphatic rings. The monoisotopic (exact) mass is 203 g/mol. The van der Waals surface area contributed by atoms with Crippen molar-refractivity contribution in [3.8, 4) is 0 Å². The highest BCUT2D eigenvalue weighted by molar-refractivity contribution is 5.59. The largest absolute Gasteiger partial charge is 0.444 e. The molecule has 1 radical (unpaired) electrons. The average molecular weight is 203 g/mol. The van der Waals surface area contributed by atoms with Crippen LogP contribution in [-0.4, -0.2) is 5.79 Å². The molecule has 0 saturated heterocycles. The van der Waals surface area contributed by atoms with E-state index >= 15 is 0 Å². The molecule has 2 rings (SSSR count). The van der Waals surface area contributed by atoms with E-state index in [0.717, 1.165) is 5.56 Å². The number of hydrogen-bond donors (Lipinski definition) is 0. The van der Waals surface area contributed by atoms with Crippen molar-refractivity contribution < 1.29 is 14.6 Å². The lowest BCUT2D eigenvalue weighted by Crippen LogP contribution is -2.29. The fourth-order valence-electron chi connectivity index (χ4n) is 1.35. The second-order valence-corrected chi connectivity index (χ2v) is 3.71. The first-order valence-electron chi connectivity index (χ1n) is 4.68. The quantitative estimate of drug-likeness (QED) is 0.658. The van der Waals surface area contributed by atoms with Crippen LogP contribution in [0, 0.1) is 0 Å². The summed E-state index contributed by atoms with van der Waals surface area (Å²) in [4.78, 5) is 0. The molecule has 0 aromatic heterocycles. The smallest absolute Gasteiger partial charge is 0.383 e. The van der Waals surface area contributed by atoms with Gasteiger partial charge in [-0.3, -0.25) is 0 Å². The normalized spacial score (nSPS) is 18.3. The molecule has 0 aliphatic carbocycles. The summed E-state index contributed by atoms with van der Waals surface area (Å²) in [5.74, 6) is -0.991. The minimum Gasteiger partial charge on any atom is -0.444 e. The summed E-state index contributed by atoms with van der Waals surface area (Å²) >= 11 is 0. The van der Waals surface area contributed by atoms with Gasteiger partial charge in [0, 0.05) is 25.1 Å². The van der Waals surface area contributed by atoms with Crippen molar-refractivity contribution in [3.63, 3.8) is 0 Å². The Kier molecular flexibility index (Phi) is 2.18. The van der Waals surface area contributed by atoms with Crippen LogP contribution in [0.15, 0.2) is 42.0 Å². The third-order valence-electron chi connectivity index (χ3n) is 1.94. The predicted molar refractivity (Wildman–Crippen MR) is 53.8 cm³/mol. The molecule has 3 heteroatoms. The minimum absolute atomic E-state index is 0.428. The maximum atomic E-state index is 11.2. The van der Waals surface area contributed by atoms with Crippen LogP contribution in [0.1, 0.15) is 19.4 Å². The predicted octanol–water partition coefficient (Wildman–Crippen LogP) is 2.68. The van der Waals surface area contributed by atoms with Gasteiger partial charge in [-0.25, -0.2) is 5.11 Å². The molecule has 1 aliphatic heterocycles. The van der Waals surface area contributed by atoms with Crippen LogP contribution in [0.5, 0.6) is 0 Å². The van der Waals surface area contributed by atoms with E-state index in [1.165, 1.54) is 0 Å². The van der Waals surface area contributed by atoms with E-state index in [-0.39, 0.29) is 0 Å². The van der Waals surface area contributed by atoms with Crippen LogP contribution in [0.3, 0.4) is 0 Å². The van der Waals surface area contributed by atoms with Gasteiger partial charge in [0.15, 0.2) is 5.76 Å². The highest BCUT2D eigenvalue weighted by atomic mass is 16.7. The number of benzene rings is 1. The highest BCUT2D eigenvalue weighted by Gasteiger charge is 2.29. The summed E-state index contributed by atoms with van der Waals surface area (Å²) < 4.78 is 10.4. The molecular weight excluding hydrogens is 192 g/mol. The fraction of sp³-hybridized carbons (Fsp3) is 0.250. The molecule has 77 valence electrons. The van der Waals surface area contributed by atoms with Gasteiger partial charge < -0.3 is 9.47 Å². The Morgan fingerprint density at radius 1 is 1.13 bits per heavy atom. The molecule has 0 N–H and O–H groups in total. The van der Waals surface area contributed by atoms with Gasteiger partial charge >= 0.3 is 5.95 Å². The molecule has 1 aromatic carbocycles. The maximum Gasteiger partial charge on any atom is 0.383 e. The zero-order valence-corrected chi connectivity index (χ0v) is 8.61. The molecule has 3 nitrogen and oxygen atoms in total. The molecule has 0 unspecified atom stereocenters. The first-order valence-corrected chi connectivity index (χ1v) is 4.68. The lowest BCUT2D eigenvalue weighted by Gasteiger charge is -2.28. The highest BCUT2D eigenvalue weighted by Crippen LogP contribution is 2.28. The Labute approximate surface area is 88.3 Å². The van der Waals surface area contributed by atoms with E-state index in [2.05, 4.69) is 5.73 Å². The van der Waals surface area contributed by atoms with Gasteiger partial charge in [0.1, 0.15) is 0 Å². The van der Waals surface area contributed by atoms with Crippen LogP contribution in [0.2, 0.25) is 0 Å². The Bertz CT molecular complexity index is 425. The van der Waals surface area contributed by atoms with Crippen LogP contribution in [0.4, 0.5) is 0 Å². The zero-order valence-electron chi connectivity index (χ0n) is 8.61. The number of ether oxygens (including phenoxy) is 2. The lowest BCUT2D eigenvalue weighted by atomic mass is 10.2. The molecule has 1 aromatic rings. The maximum absolute atomic E-state index is 11.2. The molecule has 0 fully saturated rings. The van der Waals surface area contributed by atoms with Crippen molar-refractivity contribution in [3.05, 3.63) is 47.6 Å². The molecule has 1 heterocycles. The van der Waals surface area contributed by atoms with Crippen molar-refractivity contribution in [1.82, 2.24) is 0 Å². The van der Waals surface area contributed by atoms with Gasteiger partial charge in [-0.05, 0) is 0 Å². The second-order valence-electron chi connectivity index (χ2n) is 3.71. The average Bonchev–Trinajstić information content (AvgIpc) is 2.16. The van der Waals surface area contributed by atoms with Gasteiger partial charge in [-0.2, -0.15) is 0 Å². The van der Waals surface area contributed by atoms with Gasteiger partial charge in [-0.1, -0.05) is 30.3 Å². The number of hydrogen-bond acceptors (Lipinski definition) is 2. The Hall–Kier alpha value is -1.86. The van der Waals surface area contributed by atoms with Crippen molar-refractivity contribution in [2.24, 2.45) is 0 Å². The van der Waals surface area contributed by atoms with E-state index < -0.39 is 11.7 Å². The number of rotatable bonds is 1. The van der Waals surface area contributed by atoms with Gasteiger partial charge in [0.25, 0.3) is 5.79 Å². The molecule has 0 spiro atoms. The first-order chi connectivity index (χ1) is 7.07. The summed E-state index contributed by atoms with van der Waals surface area (Å²) in [5.41, 5.74) is 3.34. The van der Waals surface area contributed by atoms with Crippen LogP contribution >= 0.6 is 0 Å². The second kappa shape index (κ2) is 3.37. The third-order valence-corrected chi connectivity index (χ3v) is 1.94. The van der Waals surface area contributed by atoms with Crippen molar-refractivity contribution in [2.75, 3.05) is 0 Å². The standard InChI is InChI=1S/C12H11O3/c1-12(2)14-10(8-11(13)15-12)9-6-4-3-5-7-9/h3-7H,1-2H3. The fourth-order valence-corrected chi connectivity index (χ4v) is 1.35. The van der Waals surface area contributed by atoms with E-state index in [1.54, 1.807) is 13.8 Å². The molecule has 0 atom stereocenters. The summed E-state index contributed by atoms with van der Waals surface area (Å²) in [6, 6.07) is 9.37. The van der Waals surface area contributed by atoms with E-state index in [4.69, 9.17) is 9.47 Å². The van der Waals surface area contributed by atoms with Gasteiger partial charge in [-0.15, -0.1) is 0 Å². The SMILES string of the molecule is CC1(C)OC([O])=C=C(c2ccccc2)O1. The van der Waals surface area contributed by atoms with Crippen molar-refractivity contribution in [1.29, 1.82) is 0 Å². The molecule has 0 bridgehead atoms. The van der Waals surface area contributed by atoms with Gasteiger partial charge in [0.2, 0.25) is 0 Å². The van der Waals surface area contributed by atoms with Gasteiger partial charge in [0.05, 0.1) is 0 Å². The summed E-state index contributed by atoms with van der Waals surface area (Å²) in [6.45, 7) is 3.38. The van der Waals surface area contributed by atoms with Crippen LogP contribution in [-0.2, 0) is 14.6 Å². The Morgan fingerprint density at radius 2 is 1.80 bits per heavy atom. The molecule has 0 amide bonds. The Balaban J connectivity index is 2.42. The summed E-state index contributed by atoms with van der Waals surface area (Å²) in [5, 5.41) is 11.2. The van der Waals surface area contributed by atoms with E-state index in [1.807, 2.05) is 30.3 Å². The molecule has 0 saturated carbocycles. The van der Waals surface area contributed by atoms with E-state index in [9.17, 15) is 5.11 Å².